The van der Waals surface area contributed by atoms with Gasteiger partial charge in [0.25, 0.3) is 0 Å². The van der Waals surface area contributed by atoms with Gasteiger partial charge in [-0.05, 0) is 42.0 Å². The van der Waals surface area contributed by atoms with Crippen molar-refractivity contribution >= 4 is 17.4 Å². The summed E-state index contributed by atoms with van der Waals surface area (Å²) in [6.45, 7) is 0. The second-order valence-electron chi connectivity index (χ2n) is 6.79. The molecule has 2 aromatic heterocycles. The van der Waals surface area contributed by atoms with Crippen molar-refractivity contribution in [1.29, 1.82) is 0 Å². The maximum atomic E-state index is 12.5. The van der Waals surface area contributed by atoms with Gasteiger partial charge in [0.1, 0.15) is 5.75 Å². The fraction of sp³-hybridized carbons (Fsp3) is 0.174. The van der Waals surface area contributed by atoms with Crippen LogP contribution in [0.3, 0.4) is 0 Å². The van der Waals surface area contributed by atoms with Crippen LogP contribution in [-0.2, 0) is 11.2 Å². The van der Waals surface area contributed by atoms with Crippen LogP contribution < -0.4 is 19.5 Å². The molecule has 8 nitrogen and oxygen atoms in total. The number of fused-ring (bicyclic) bond motifs is 1. The lowest BCUT2D eigenvalue weighted by Crippen LogP contribution is -2.14. The molecular weight excluding hydrogens is 396 g/mol. The number of anilines is 1. The zero-order valence-electron chi connectivity index (χ0n) is 17.5. The Kier molecular flexibility index (Phi) is 5.70. The molecule has 4 aromatic rings. The number of carbonyl (C=O) groups excluding carboxylic acids is 1. The number of benzene rings is 2. The Morgan fingerprint density at radius 2 is 1.81 bits per heavy atom. The highest BCUT2D eigenvalue weighted by atomic mass is 16.5. The summed E-state index contributed by atoms with van der Waals surface area (Å²) in [5.74, 6) is 2.19. The zero-order valence-corrected chi connectivity index (χ0v) is 17.5. The van der Waals surface area contributed by atoms with Crippen molar-refractivity contribution in [2.45, 2.75) is 6.42 Å². The lowest BCUT2D eigenvalue weighted by Gasteiger charge is -2.09. The summed E-state index contributed by atoms with van der Waals surface area (Å²) >= 11 is 0. The smallest absolute Gasteiger partial charge is 0.229 e. The van der Waals surface area contributed by atoms with Crippen LogP contribution in [0.5, 0.6) is 17.2 Å². The van der Waals surface area contributed by atoms with E-state index in [0.29, 0.717) is 23.0 Å². The number of aromatic nitrogens is 3. The van der Waals surface area contributed by atoms with E-state index in [-0.39, 0.29) is 12.3 Å². The van der Waals surface area contributed by atoms with Gasteiger partial charge in [-0.3, -0.25) is 4.79 Å². The van der Waals surface area contributed by atoms with Crippen molar-refractivity contribution in [3.63, 3.8) is 0 Å². The number of nitrogens with zero attached hydrogens (tertiary/aromatic N) is 3. The summed E-state index contributed by atoms with van der Waals surface area (Å²) in [7, 11) is 4.76. The van der Waals surface area contributed by atoms with Gasteiger partial charge < -0.3 is 19.5 Å². The molecule has 31 heavy (non-hydrogen) atoms. The first-order valence-electron chi connectivity index (χ1n) is 9.61. The Morgan fingerprint density at radius 1 is 0.968 bits per heavy atom. The monoisotopic (exact) mass is 418 g/mol. The number of methoxy groups -OCH3 is 3. The van der Waals surface area contributed by atoms with Crippen LogP contribution in [0.15, 0.2) is 60.8 Å². The number of rotatable bonds is 7. The molecule has 1 N–H and O–H groups in total. The molecule has 8 heteroatoms. The minimum Gasteiger partial charge on any atom is -0.497 e. The average Bonchev–Trinajstić information content (AvgIpc) is 3.20. The third-order valence-corrected chi connectivity index (χ3v) is 4.77. The molecule has 158 valence electrons. The Labute approximate surface area is 179 Å². The van der Waals surface area contributed by atoms with Crippen LogP contribution in [0.4, 0.5) is 5.82 Å². The van der Waals surface area contributed by atoms with E-state index >= 15 is 0 Å². The summed E-state index contributed by atoms with van der Waals surface area (Å²) in [5.41, 5.74) is 3.13. The standard InChI is InChI=1S/C23H22N4O4/c1-29-17-6-4-5-16(13-17)18-8-10-22-24-21(14-27(22)26-18)25-23(28)12-15-7-9-19(30-2)20(11-15)31-3/h4-11,13-14H,12H2,1-3H3,(H,25,28). The summed E-state index contributed by atoms with van der Waals surface area (Å²) in [6.07, 6.45) is 1.86. The third kappa shape index (κ3) is 4.42. The first kappa shape index (κ1) is 20.2. The highest BCUT2D eigenvalue weighted by molar-refractivity contribution is 5.91. The van der Waals surface area contributed by atoms with E-state index in [1.54, 1.807) is 44.2 Å². The lowest BCUT2D eigenvalue weighted by molar-refractivity contribution is -0.115. The number of carbonyl (C=O) groups is 1. The third-order valence-electron chi connectivity index (χ3n) is 4.77. The minimum atomic E-state index is -0.191. The molecular formula is C23H22N4O4. The topological polar surface area (TPSA) is 87.0 Å². The fourth-order valence-corrected chi connectivity index (χ4v) is 3.24. The van der Waals surface area contributed by atoms with Crippen molar-refractivity contribution in [3.8, 4) is 28.5 Å². The number of nitrogens with one attached hydrogen (secondary N) is 1. The molecule has 0 aliphatic rings. The lowest BCUT2D eigenvalue weighted by atomic mass is 10.1. The van der Waals surface area contributed by atoms with E-state index in [4.69, 9.17) is 14.2 Å². The summed E-state index contributed by atoms with van der Waals surface area (Å²) in [5, 5.41) is 7.41. The first-order valence-corrected chi connectivity index (χ1v) is 9.61. The molecule has 0 spiro atoms. The second kappa shape index (κ2) is 8.74. The molecule has 0 atom stereocenters. The molecule has 0 bridgehead atoms. The van der Waals surface area contributed by atoms with Gasteiger partial charge in [0.05, 0.1) is 39.6 Å². The molecule has 2 heterocycles. The van der Waals surface area contributed by atoms with Crippen LogP contribution in [0.2, 0.25) is 0 Å². The van der Waals surface area contributed by atoms with Gasteiger partial charge >= 0.3 is 0 Å². The van der Waals surface area contributed by atoms with Crippen molar-refractivity contribution in [2.24, 2.45) is 0 Å². The molecule has 0 unspecified atom stereocenters. The van der Waals surface area contributed by atoms with Gasteiger partial charge in [-0.2, -0.15) is 5.10 Å². The van der Waals surface area contributed by atoms with E-state index < -0.39 is 0 Å². The van der Waals surface area contributed by atoms with Crippen LogP contribution in [-0.4, -0.2) is 41.8 Å². The second-order valence-corrected chi connectivity index (χ2v) is 6.79. The highest BCUT2D eigenvalue weighted by Gasteiger charge is 2.11. The van der Waals surface area contributed by atoms with Crippen LogP contribution in [0, 0.1) is 0 Å². The van der Waals surface area contributed by atoms with E-state index in [1.807, 2.05) is 42.5 Å². The Hall–Kier alpha value is -4.07. The van der Waals surface area contributed by atoms with Crippen molar-refractivity contribution in [3.05, 3.63) is 66.4 Å². The van der Waals surface area contributed by atoms with Gasteiger partial charge in [-0.15, -0.1) is 0 Å². The quantitative estimate of drug-likeness (QED) is 0.493. The van der Waals surface area contributed by atoms with Crippen molar-refractivity contribution in [2.75, 3.05) is 26.6 Å². The van der Waals surface area contributed by atoms with Crippen molar-refractivity contribution in [1.82, 2.24) is 14.6 Å². The van der Waals surface area contributed by atoms with Crippen LogP contribution >= 0.6 is 0 Å². The molecule has 1 amide bonds. The molecule has 0 saturated carbocycles. The number of amides is 1. The molecule has 2 aromatic carbocycles. The number of hydrogen-bond acceptors (Lipinski definition) is 6. The zero-order chi connectivity index (χ0) is 21.8. The summed E-state index contributed by atoms with van der Waals surface area (Å²) < 4.78 is 17.4. The van der Waals surface area contributed by atoms with E-state index in [0.717, 1.165) is 22.6 Å². The minimum absolute atomic E-state index is 0.177. The number of ether oxygens (including phenoxy) is 3. The first-order chi connectivity index (χ1) is 15.1. The maximum Gasteiger partial charge on any atom is 0.229 e. The van der Waals surface area contributed by atoms with Gasteiger partial charge in [-0.25, -0.2) is 9.50 Å². The number of hydrogen-bond donors (Lipinski definition) is 1. The van der Waals surface area contributed by atoms with Crippen LogP contribution in [0.1, 0.15) is 5.56 Å². The molecule has 0 radical (unpaired) electrons. The molecule has 0 aliphatic carbocycles. The largest absolute Gasteiger partial charge is 0.497 e. The predicted molar refractivity (Wildman–Crippen MR) is 117 cm³/mol. The van der Waals surface area contributed by atoms with Gasteiger partial charge in [-0.1, -0.05) is 18.2 Å². The van der Waals surface area contributed by atoms with E-state index in [2.05, 4.69) is 15.4 Å². The Balaban J connectivity index is 1.50. The molecule has 0 fully saturated rings. The Morgan fingerprint density at radius 3 is 2.58 bits per heavy atom. The van der Waals surface area contributed by atoms with Gasteiger partial charge in [0, 0.05) is 5.56 Å². The summed E-state index contributed by atoms with van der Waals surface area (Å²) in [4.78, 5) is 16.9. The van der Waals surface area contributed by atoms with Crippen LogP contribution in [0.25, 0.3) is 16.9 Å². The number of imidazole rings is 1. The normalized spacial score (nSPS) is 10.7. The summed E-state index contributed by atoms with van der Waals surface area (Å²) in [6, 6.07) is 16.8. The predicted octanol–water partition coefficient (Wildman–Crippen LogP) is 3.60. The Bertz CT molecular complexity index is 1240. The van der Waals surface area contributed by atoms with Gasteiger partial charge in [0.15, 0.2) is 23.0 Å². The van der Waals surface area contributed by atoms with E-state index in [9.17, 15) is 4.79 Å². The molecule has 0 saturated heterocycles. The SMILES string of the molecule is COc1cccc(-c2ccc3nc(NC(=O)Cc4ccc(OC)c(OC)c4)cn3n2)c1. The van der Waals surface area contributed by atoms with Crippen molar-refractivity contribution < 1.29 is 19.0 Å². The highest BCUT2D eigenvalue weighted by Crippen LogP contribution is 2.28. The van der Waals surface area contributed by atoms with E-state index in [1.165, 1.54) is 0 Å². The molecule has 0 aliphatic heterocycles. The van der Waals surface area contributed by atoms with Gasteiger partial charge in [0.2, 0.25) is 5.91 Å². The average molecular weight is 418 g/mol. The fourth-order valence-electron chi connectivity index (χ4n) is 3.24. The molecule has 4 rings (SSSR count). The maximum absolute atomic E-state index is 12.5.